The number of fused-ring (bicyclic) bond motifs is 1. The lowest BCUT2D eigenvalue weighted by Crippen LogP contribution is -2.23. The summed E-state index contributed by atoms with van der Waals surface area (Å²) in [6, 6.07) is 23.0. The van der Waals surface area contributed by atoms with E-state index in [-0.39, 0.29) is 16.4 Å². The minimum Gasteiger partial charge on any atom is -0.492 e. The SMILES string of the molecule is Nc1nc(-c2ccc(OCCNCCc3ccc(S(N)(=O)=O)cc3)cc2)cn2c(=O)n(-c3ccccc3)nc12. The predicted octanol–water partition coefficient (Wildman–Crippen LogP) is 1.99. The van der Waals surface area contributed by atoms with E-state index in [1.165, 1.54) is 21.2 Å². The number of anilines is 1. The Morgan fingerprint density at radius 1 is 0.923 bits per heavy atom. The van der Waals surface area contributed by atoms with E-state index in [1.807, 2.05) is 42.5 Å². The molecule has 12 heteroatoms. The molecule has 0 aliphatic heterocycles. The Morgan fingerprint density at radius 3 is 2.33 bits per heavy atom. The molecule has 0 spiro atoms. The van der Waals surface area contributed by atoms with Crippen molar-refractivity contribution in [3.8, 4) is 22.7 Å². The Hall–Kier alpha value is -4.52. The zero-order chi connectivity index (χ0) is 27.4. The molecule has 0 saturated carbocycles. The standard InChI is InChI=1S/C27H27N7O4S/c28-25-26-32-34(21-4-2-1-3-5-21)27(35)33(26)18-24(31-25)20-8-10-22(11-9-20)38-17-16-30-15-14-19-6-12-23(13-7-19)39(29,36)37/h1-13,18,30H,14-17H2,(H2,28,31)(H2,29,36,37). The van der Waals surface area contributed by atoms with Crippen LogP contribution < -0.4 is 26.6 Å². The number of primary sulfonamides is 1. The van der Waals surface area contributed by atoms with Gasteiger partial charge >= 0.3 is 5.69 Å². The molecule has 11 nitrogen and oxygen atoms in total. The molecule has 200 valence electrons. The molecule has 0 unspecified atom stereocenters. The maximum absolute atomic E-state index is 13.0. The van der Waals surface area contributed by atoms with E-state index in [0.29, 0.717) is 42.5 Å². The van der Waals surface area contributed by atoms with Crippen molar-refractivity contribution >= 4 is 21.5 Å². The second-order valence-corrected chi connectivity index (χ2v) is 10.4. The number of ether oxygens (including phenoxy) is 1. The largest absolute Gasteiger partial charge is 0.492 e. The monoisotopic (exact) mass is 545 g/mol. The number of aromatic nitrogens is 4. The van der Waals surface area contributed by atoms with Crippen LogP contribution in [0.5, 0.6) is 5.75 Å². The first-order chi connectivity index (χ1) is 18.8. The summed E-state index contributed by atoms with van der Waals surface area (Å²) < 4.78 is 31.2. The van der Waals surface area contributed by atoms with Crippen LogP contribution in [0.25, 0.3) is 22.6 Å². The minimum atomic E-state index is -3.68. The molecule has 0 fully saturated rings. The summed E-state index contributed by atoms with van der Waals surface area (Å²) in [4.78, 5) is 17.5. The quantitative estimate of drug-likeness (QED) is 0.225. The van der Waals surface area contributed by atoms with Crippen LogP contribution in [0.3, 0.4) is 0 Å². The Kier molecular flexibility index (Phi) is 7.41. The molecule has 0 bridgehead atoms. The molecule has 5 aromatic rings. The van der Waals surface area contributed by atoms with E-state index < -0.39 is 10.0 Å². The highest BCUT2D eigenvalue weighted by Crippen LogP contribution is 2.23. The van der Waals surface area contributed by atoms with Gasteiger partial charge in [0.05, 0.1) is 16.3 Å². The molecule has 3 aromatic carbocycles. The third kappa shape index (κ3) is 5.98. The molecule has 0 radical (unpaired) electrons. The minimum absolute atomic E-state index is 0.103. The summed E-state index contributed by atoms with van der Waals surface area (Å²) in [6.07, 6.45) is 2.37. The van der Waals surface area contributed by atoms with Crippen LogP contribution in [0.4, 0.5) is 5.82 Å². The number of hydrogen-bond donors (Lipinski definition) is 3. The van der Waals surface area contributed by atoms with Gasteiger partial charge in [-0.05, 0) is 67.1 Å². The number of nitrogens with two attached hydrogens (primary N) is 2. The maximum atomic E-state index is 13.0. The number of sulfonamides is 1. The predicted molar refractivity (Wildman–Crippen MR) is 148 cm³/mol. The molecule has 5 N–H and O–H groups in total. The van der Waals surface area contributed by atoms with Crippen molar-refractivity contribution in [3.63, 3.8) is 0 Å². The first kappa shape index (κ1) is 26.1. The molecule has 0 aliphatic rings. The van der Waals surface area contributed by atoms with Crippen LogP contribution in [-0.2, 0) is 16.4 Å². The van der Waals surface area contributed by atoms with Gasteiger partial charge in [-0.25, -0.2) is 27.7 Å². The lowest BCUT2D eigenvalue weighted by molar-refractivity contribution is 0.314. The number of hydrogen-bond acceptors (Lipinski definition) is 8. The smallest absolute Gasteiger partial charge is 0.355 e. The number of nitrogen functional groups attached to an aromatic ring is 1. The highest BCUT2D eigenvalue weighted by molar-refractivity contribution is 7.89. The van der Waals surface area contributed by atoms with E-state index in [0.717, 1.165) is 17.5 Å². The Balaban J connectivity index is 1.16. The van der Waals surface area contributed by atoms with E-state index in [1.54, 1.807) is 30.5 Å². The Labute approximate surface area is 224 Å². The summed E-state index contributed by atoms with van der Waals surface area (Å²) >= 11 is 0. The summed E-state index contributed by atoms with van der Waals surface area (Å²) in [7, 11) is -3.68. The van der Waals surface area contributed by atoms with Gasteiger partial charge < -0.3 is 15.8 Å². The van der Waals surface area contributed by atoms with Crippen molar-refractivity contribution in [1.82, 2.24) is 24.5 Å². The third-order valence-electron chi connectivity index (χ3n) is 6.07. The van der Waals surface area contributed by atoms with Crippen LogP contribution in [0.1, 0.15) is 5.56 Å². The number of para-hydroxylation sites is 1. The molecule has 5 rings (SSSR count). The lowest BCUT2D eigenvalue weighted by atomic mass is 10.1. The summed E-state index contributed by atoms with van der Waals surface area (Å²) in [5, 5.41) is 12.8. The van der Waals surface area contributed by atoms with E-state index >= 15 is 0 Å². The van der Waals surface area contributed by atoms with Crippen LogP contribution in [0.2, 0.25) is 0 Å². The molecule has 0 amide bonds. The Bertz CT molecular complexity index is 1750. The molecule has 2 heterocycles. The van der Waals surface area contributed by atoms with E-state index in [2.05, 4.69) is 15.4 Å². The van der Waals surface area contributed by atoms with Gasteiger partial charge in [-0.15, -0.1) is 5.10 Å². The average Bonchev–Trinajstić information content (AvgIpc) is 3.28. The molecule has 0 atom stereocenters. The van der Waals surface area contributed by atoms with Gasteiger partial charge in [-0.1, -0.05) is 30.3 Å². The van der Waals surface area contributed by atoms with Gasteiger partial charge in [0.15, 0.2) is 5.82 Å². The fourth-order valence-electron chi connectivity index (χ4n) is 4.04. The maximum Gasteiger partial charge on any atom is 0.355 e. The normalized spacial score (nSPS) is 11.6. The number of nitrogens with zero attached hydrogens (tertiary/aromatic N) is 4. The Morgan fingerprint density at radius 2 is 1.64 bits per heavy atom. The lowest BCUT2D eigenvalue weighted by Gasteiger charge is -2.09. The van der Waals surface area contributed by atoms with Gasteiger partial charge in [0, 0.05) is 18.3 Å². The van der Waals surface area contributed by atoms with Crippen molar-refractivity contribution in [2.75, 3.05) is 25.4 Å². The molecule has 0 saturated heterocycles. The zero-order valence-corrected chi connectivity index (χ0v) is 21.7. The summed E-state index contributed by atoms with van der Waals surface area (Å²) in [6.45, 7) is 1.82. The van der Waals surface area contributed by atoms with Crippen molar-refractivity contribution in [3.05, 3.63) is 101 Å². The van der Waals surface area contributed by atoms with Crippen molar-refractivity contribution in [1.29, 1.82) is 0 Å². The van der Waals surface area contributed by atoms with Crippen LogP contribution >= 0.6 is 0 Å². The fourth-order valence-corrected chi connectivity index (χ4v) is 4.56. The van der Waals surface area contributed by atoms with Gasteiger partial charge in [0.1, 0.15) is 12.4 Å². The van der Waals surface area contributed by atoms with Crippen LogP contribution in [0, 0.1) is 0 Å². The van der Waals surface area contributed by atoms with Crippen LogP contribution in [0.15, 0.2) is 94.7 Å². The second kappa shape index (κ2) is 11.1. The summed E-state index contributed by atoms with van der Waals surface area (Å²) in [5.74, 6) is 0.855. The zero-order valence-electron chi connectivity index (χ0n) is 20.9. The fraction of sp³-hybridized carbons (Fsp3) is 0.148. The van der Waals surface area contributed by atoms with Gasteiger partial charge in [-0.3, -0.25) is 0 Å². The van der Waals surface area contributed by atoms with Crippen molar-refractivity contribution < 1.29 is 13.2 Å². The van der Waals surface area contributed by atoms with Crippen molar-refractivity contribution in [2.24, 2.45) is 5.14 Å². The molecular formula is C27H27N7O4S. The van der Waals surface area contributed by atoms with Crippen molar-refractivity contribution in [2.45, 2.75) is 11.3 Å². The van der Waals surface area contributed by atoms with Gasteiger partial charge in [0.25, 0.3) is 0 Å². The van der Waals surface area contributed by atoms with Gasteiger partial charge in [0.2, 0.25) is 15.7 Å². The topological polar surface area (TPSA) is 160 Å². The van der Waals surface area contributed by atoms with E-state index in [9.17, 15) is 13.2 Å². The second-order valence-electron chi connectivity index (χ2n) is 8.80. The molecule has 0 aliphatic carbocycles. The molecule has 39 heavy (non-hydrogen) atoms. The third-order valence-corrected chi connectivity index (χ3v) is 7.00. The van der Waals surface area contributed by atoms with Gasteiger partial charge in [-0.2, -0.15) is 4.68 Å². The number of nitrogens with one attached hydrogen (secondary N) is 1. The first-order valence-corrected chi connectivity index (χ1v) is 13.7. The number of benzene rings is 3. The number of rotatable bonds is 10. The molecule has 2 aromatic heterocycles. The van der Waals surface area contributed by atoms with Crippen LogP contribution in [-0.4, -0.2) is 47.3 Å². The molecular weight excluding hydrogens is 518 g/mol. The first-order valence-electron chi connectivity index (χ1n) is 12.2. The average molecular weight is 546 g/mol. The van der Waals surface area contributed by atoms with E-state index in [4.69, 9.17) is 15.6 Å². The highest BCUT2D eigenvalue weighted by Gasteiger charge is 2.14. The summed E-state index contributed by atoms with van der Waals surface area (Å²) in [5.41, 5.74) is 9.07. The highest BCUT2D eigenvalue weighted by atomic mass is 32.2.